The number of hydrogen-bond donors (Lipinski definition) is 1. The molecule has 1 aliphatic rings. The molecular weight excluding hydrogens is 264 g/mol. The molecule has 0 aliphatic carbocycles. The van der Waals surface area contributed by atoms with Crippen LogP contribution in [0.2, 0.25) is 0 Å². The number of nitrogens with zero attached hydrogens (tertiary/aromatic N) is 2. The first-order valence-electron chi connectivity index (χ1n) is 5.60. The molecule has 1 aromatic carbocycles. The number of carbonyl (C=O) groups excluding carboxylic acids is 1. The van der Waals surface area contributed by atoms with Gasteiger partial charge in [0.05, 0.1) is 7.11 Å². The normalized spacial score (nSPS) is 17.5. The highest BCUT2D eigenvalue weighted by Gasteiger charge is 2.32. The molecule has 1 aliphatic heterocycles. The van der Waals surface area contributed by atoms with Gasteiger partial charge in [0.2, 0.25) is 0 Å². The first kappa shape index (κ1) is 13.4. The largest absolute Gasteiger partial charge is 0.504 e. The third kappa shape index (κ3) is 2.26. The van der Waals surface area contributed by atoms with Gasteiger partial charge in [-0.1, -0.05) is 6.07 Å². The van der Waals surface area contributed by atoms with E-state index in [-0.39, 0.29) is 11.7 Å². The van der Waals surface area contributed by atoms with E-state index in [0.717, 1.165) is 5.56 Å². The van der Waals surface area contributed by atoms with Crippen molar-refractivity contribution >= 4 is 29.3 Å². The summed E-state index contributed by atoms with van der Waals surface area (Å²) in [6.45, 7) is 0. The highest BCUT2D eigenvalue weighted by atomic mass is 32.1. The fourth-order valence-electron chi connectivity index (χ4n) is 1.83. The molecule has 1 fully saturated rings. The maximum atomic E-state index is 12.0. The molecule has 0 saturated carbocycles. The molecule has 1 saturated heterocycles. The van der Waals surface area contributed by atoms with Crippen molar-refractivity contribution in [2.75, 3.05) is 21.2 Å². The van der Waals surface area contributed by atoms with E-state index in [1.54, 1.807) is 37.2 Å². The van der Waals surface area contributed by atoms with Crippen molar-refractivity contribution in [1.29, 1.82) is 0 Å². The van der Waals surface area contributed by atoms with Crippen molar-refractivity contribution < 1.29 is 14.6 Å². The van der Waals surface area contributed by atoms with Crippen LogP contribution in [-0.4, -0.2) is 47.1 Å². The number of carbonyl (C=O) groups is 1. The predicted molar refractivity (Wildman–Crippen MR) is 75.8 cm³/mol. The summed E-state index contributed by atoms with van der Waals surface area (Å²) in [5, 5.41) is 9.99. The van der Waals surface area contributed by atoms with E-state index < -0.39 is 0 Å². The predicted octanol–water partition coefficient (Wildman–Crippen LogP) is 1.43. The molecule has 1 N–H and O–H groups in total. The van der Waals surface area contributed by atoms with Crippen LogP contribution >= 0.6 is 12.2 Å². The average molecular weight is 278 g/mol. The van der Waals surface area contributed by atoms with Crippen LogP contribution in [0.5, 0.6) is 11.5 Å². The topological polar surface area (TPSA) is 53.0 Å². The zero-order valence-corrected chi connectivity index (χ0v) is 11.7. The summed E-state index contributed by atoms with van der Waals surface area (Å²) < 4.78 is 5.03. The van der Waals surface area contributed by atoms with E-state index in [1.807, 2.05) is 0 Å². The first-order valence-corrected chi connectivity index (χ1v) is 6.01. The average Bonchev–Trinajstić information content (AvgIpc) is 2.58. The Labute approximate surface area is 116 Å². The Morgan fingerprint density at radius 1 is 1.32 bits per heavy atom. The van der Waals surface area contributed by atoms with Crippen molar-refractivity contribution in [3.05, 3.63) is 29.5 Å². The molecule has 0 unspecified atom stereocenters. The number of ether oxygens (including phenoxy) is 1. The number of methoxy groups -OCH3 is 1. The molecule has 2 rings (SSSR count). The van der Waals surface area contributed by atoms with Crippen LogP contribution in [0.1, 0.15) is 5.56 Å². The van der Waals surface area contributed by atoms with Gasteiger partial charge in [-0.15, -0.1) is 0 Å². The van der Waals surface area contributed by atoms with Gasteiger partial charge in [-0.25, -0.2) is 0 Å². The first-order chi connectivity index (χ1) is 8.95. The minimum Gasteiger partial charge on any atom is -0.504 e. The molecule has 6 heteroatoms. The summed E-state index contributed by atoms with van der Waals surface area (Å²) in [6, 6.07) is 4.88. The van der Waals surface area contributed by atoms with E-state index in [4.69, 9.17) is 17.0 Å². The second-order valence-corrected chi connectivity index (χ2v) is 4.53. The molecule has 0 aromatic heterocycles. The Bertz CT molecular complexity index is 583. The minimum atomic E-state index is -0.153. The molecule has 100 valence electrons. The molecule has 1 aromatic rings. The summed E-state index contributed by atoms with van der Waals surface area (Å²) in [5.41, 5.74) is 1.24. The molecule has 1 amide bonds. The van der Waals surface area contributed by atoms with Crippen molar-refractivity contribution in [2.24, 2.45) is 0 Å². The lowest BCUT2D eigenvalue weighted by atomic mass is 10.1. The molecule has 19 heavy (non-hydrogen) atoms. The monoisotopic (exact) mass is 278 g/mol. The van der Waals surface area contributed by atoms with E-state index in [2.05, 4.69) is 0 Å². The quantitative estimate of drug-likeness (QED) is 0.655. The Morgan fingerprint density at radius 2 is 2.00 bits per heavy atom. The Balaban J connectivity index is 2.41. The molecule has 0 atom stereocenters. The van der Waals surface area contributed by atoms with Crippen molar-refractivity contribution in [3.63, 3.8) is 0 Å². The summed E-state index contributed by atoms with van der Waals surface area (Å²) in [4.78, 5) is 15.1. The number of hydrogen-bond acceptors (Lipinski definition) is 4. The van der Waals surface area contributed by atoms with Gasteiger partial charge in [0, 0.05) is 14.1 Å². The highest BCUT2D eigenvalue weighted by molar-refractivity contribution is 7.80. The second kappa shape index (κ2) is 4.89. The van der Waals surface area contributed by atoms with Crippen LogP contribution in [0.3, 0.4) is 0 Å². The Morgan fingerprint density at radius 3 is 2.53 bits per heavy atom. The van der Waals surface area contributed by atoms with Crippen molar-refractivity contribution in [1.82, 2.24) is 9.80 Å². The Hall–Kier alpha value is -2.08. The fraction of sp³-hybridized carbons (Fsp3) is 0.231. The maximum Gasteiger partial charge on any atom is 0.276 e. The fourth-order valence-corrected chi connectivity index (χ4v) is 2.01. The standard InChI is InChI=1S/C13H14N2O3S/c1-14-9(12(17)15(2)13(14)19)6-8-4-5-10(16)11(7-8)18-3/h4-7,16H,1-3H3/b9-6-. The molecule has 1 heterocycles. The number of likely N-dealkylation sites (N-methyl/N-ethyl adjacent to an activating group) is 2. The smallest absolute Gasteiger partial charge is 0.276 e. The Kier molecular flexibility index (Phi) is 3.44. The van der Waals surface area contributed by atoms with Crippen LogP contribution in [-0.2, 0) is 4.79 Å². The van der Waals surface area contributed by atoms with Gasteiger partial charge in [-0.3, -0.25) is 9.69 Å². The molecule has 5 nitrogen and oxygen atoms in total. The number of aromatic hydroxyl groups is 1. The third-order valence-electron chi connectivity index (χ3n) is 2.97. The van der Waals surface area contributed by atoms with Gasteiger partial charge >= 0.3 is 0 Å². The number of phenolic OH excluding ortho intramolecular Hbond substituents is 1. The van der Waals surface area contributed by atoms with Gasteiger partial charge in [0.15, 0.2) is 16.6 Å². The summed E-state index contributed by atoms with van der Waals surface area (Å²) in [5.74, 6) is 0.265. The number of phenols is 1. The van der Waals surface area contributed by atoms with E-state index in [9.17, 15) is 9.90 Å². The van der Waals surface area contributed by atoms with E-state index in [0.29, 0.717) is 16.6 Å². The lowest BCUT2D eigenvalue weighted by Gasteiger charge is -2.11. The van der Waals surface area contributed by atoms with Gasteiger partial charge in [-0.2, -0.15) is 0 Å². The van der Waals surface area contributed by atoms with E-state index in [1.165, 1.54) is 18.1 Å². The maximum absolute atomic E-state index is 12.0. The number of amides is 1. The van der Waals surface area contributed by atoms with Crippen LogP contribution in [0.4, 0.5) is 0 Å². The van der Waals surface area contributed by atoms with Crippen LogP contribution in [0.25, 0.3) is 6.08 Å². The van der Waals surface area contributed by atoms with Crippen LogP contribution in [0.15, 0.2) is 23.9 Å². The zero-order chi connectivity index (χ0) is 14.2. The highest BCUT2D eigenvalue weighted by Crippen LogP contribution is 2.28. The number of thiocarbonyl (C=S) groups is 1. The number of rotatable bonds is 2. The number of benzene rings is 1. The van der Waals surface area contributed by atoms with Gasteiger partial charge in [-0.05, 0) is 36.0 Å². The SMILES string of the molecule is COc1cc(/C=C2/C(=O)N(C)C(=S)N2C)ccc1O. The van der Waals surface area contributed by atoms with Gasteiger partial charge in [0.1, 0.15) is 5.70 Å². The molecular formula is C13H14N2O3S. The molecule has 0 spiro atoms. The van der Waals surface area contributed by atoms with Crippen LogP contribution < -0.4 is 4.74 Å². The van der Waals surface area contributed by atoms with Gasteiger partial charge in [0.25, 0.3) is 5.91 Å². The lowest BCUT2D eigenvalue weighted by Crippen LogP contribution is -2.26. The molecule has 0 radical (unpaired) electrons. The molecule has 0 bridgehead atoms. The van der Waals surface area contributed by atoms with E-state index >= 15 is 0 Å². The summed E-state index contributed by atoms with van der Waals surface area (Å²) in [7, 11) is 4.86. The van der Waals surface area contributed by atoms with Crippen molar-refractivity contribution in [3.8, 4) is 11.5 Å². The van der Waals surface area contributed by atoms with Crippen molar-refractivity contribution in [2.45, 2.75) is 0 Å². The van der Waals surface area contributed by atoms with Crippen LogP contribution in [0, 0.1) is 0 Å². The summed E-state index contributed by atoms with van der Waals surface area (Å²) in [6.07, 6.45) is 1.71. The van der Waals surface area contributed by atoms with Gasteiger partial charge < -0.3 is 14.7 Å². The second-order valence-electron chi connectivity index (χ2n) is 4.17. The minimum absolute atomic E-state index is 0.0587. The zero-order valence-electron chi connectivity index (χ0n) is 10.9. The summed E-state index contributed by atoms with van der Waals surface area (Å²) >= 11 is 5.13. The third-order valence-corrected chi connectivity index (χ3v) is 3.51. The lowest BCUT2D eigenvalue weighted by molar-refractivity contribution is -0.121.